The minimum Gasteiger partial charge on any atom is -0.393 e. The molecule has 0 aliphatic heterocycles. The van der Waals surface area contributed by atoms with Crippen molar-refractivity contribution in [1.29, 1.82) is 0 Å². The third-order valence-corrected chi connectivity index (χ3v) is 9.07. The molecule has 3 saturated carbocycles. The van der Waals surface area contributed by atoms with E-state index < -0.39 is 15.1 Å². The van der Waals surface area contributed by atoms with Gasteiger partial charge in [0.1, 0.15) is 0 Å². The Morgan fingerprint density at radius 2 is 1.94 bits per heavy atom. The molecular weight excluding hydrogens is 418 g/mol. The normalized spacial score (nSPS) is 36.3. The summed E-state index contributed by atoms with van der Waals surface area (Å²) in [6.45, 7) is 8.35. The monoisotopic (exact) mass is 454 g/mol. The van der Waals surface area contributed by atoms with E-state index in [0.717, 1.165) is 56.1 Å². The third kappa shape index (κ3) is 5.05. The highest BCUT2D eigenvalue weighted by molar-refractivity contribution is 7.91. The van der Waals surface area contributed by atoms with E-state index in [0.29, 0.717) is 24.7 Å². The predicted octanol–water partition coefficient (Wildman–Crippen LogP) is 5.99. The fourth-order valence-electron chi connectivity index (χ4n) is 6.06. The van der Waals surface area contributed by atoms with E-state index in [2.05, 4.69) is 25.7 Å². The van der Waals surface area contributed by atoms with Crippen molar-refractivity contribution in [2.24, 2.45) is 23.2 Å². The number of aliphatic hydroxyl groups excluding tert-OH is 1. The quantitative estimate of drug-likeness (QED) is 0.520. The van der Waals surface area contributed by atoms with Crippen LogP contribution in [-0.2, 0) is 9.84 Å². The number of aliphatic hydroxyl groups is 1. The first kappa shape index (κ1) is 24.4. The molecule has 0 bridgehead atoms. The van der Waals surface area contributed by atoms with Gasteiger partial charge in [-0.05, 0) is 86.2 Å². The zero-order chi connectivity index (χ0) is 23.0. The lowest BCUT2D eigenvalue weighted by atomic mass is 9.61. The van der Waals surface area contributed by atoms with Gasteiger partial charge in [-0.2, -0.15) is 8.78 Å². The van der Waals surface area contributed by atoms with Crippen LogP contribution in [0.5, 0.6) is 0 Å². The van der Waals surface area contributed by atoms with Gasteiger partial charge in [-0.15, -0.1) is 0 Å². The summed E-state index contributed by atoms with van der Waals surface area (Å²) in [7, 11) is -4.46. The number of alkyl halides is 2. The van der Waals surface area contributed by atoms with Crippen molar-refractivity contribution in [3.05, 3.63) is 47.6 Å². The van der Waals surface area contributed by atoms with Crippen molar-refractivity contribution >= 4 is 9.84 Å². The standard InChI is InChI=1S/C25H36F2O3S/c1-17-7-10-21(28)16-20(17)9-8-19-6-5-14-24(3)22(11-12-23(19)24)18(2)13-15-25(26,27)31(4,29)30/h8-9,13,15,18,21-23,28H,1,5-7,10-12,14,16H2,2-4H3/b15-13+,19-8+,20-9-/t18?,21?,22?,23-,24+/m0/s1. The van der Waals surface area contributed by atoms with E-state index >= 15 is 0 Å². The Morgan fingerprint density at radius 3 is 2.61 bits per heavy atom. The average Bonchev–Trinajstić information content (AvgIpc) is 3.03. The Hall–Kier alpha value is -1.27. The fraction of sp³-hybridized carbons (Fsp3) is 0.680. The molecule has 174 valence electrons. The summed E-state index contributed by atoms with van der Waals surface area (Å²) in [5.74, 6) is 0.539. The summed E-state index contributed by atoms with van der Waals surface area (Å²) in [6.07, 6.45) is 14.0. The van der Waals surface area contributed by atoms with Crippen LogP contribution in [0.15, 0.2) is 47.6 Å². The molecule has 0 spiro atoms. The molecule has 1 N–H and O–H groups in total. The van der Waals surface area contributed by atoms with E-state index in [1.807, 2.05) is 6.92 Å². The highest BCUT2D eigenvalue weighted by atomic mass is 32.2. The lowest BCUT2D eigenvalue weighted by Gasteiger charge is -2.44. The smallest absolute Gasteiger partial charge is 0.363 e. The molecule has 3 rings (SSSR count). The summed E-state index contributed by atoms with van der Waals surface area (Å²) < 4.78 is 50.4. The van der Waals surface area contributed by atoms with Crippen molar-refractivity contribution in [1.82, 2.24) is 0 Å². The fourth-order valence-corrected chi connectivity index (χ4v) is 6.39. The topological polar surface area (TPSA) is 54.4 Å². The second kappa shape index (κ2) is 8.93. The Labute approximate surface area is 185 Å². The molecule has 6 heteroatoms. The van der Waals surface area contributed by atoms with Crippen molar-refractivity contribution in [3.8, 4) is 0 Å². The van der Waals surface area contributed by atoms with E-state index in [9.17, 15) is 22.3 Å². The van der Waals surface area contributed by atoms with Gasteiger partial charge in [0, 0.05) is 6.26 Å². The minimum absolute atomic E-state index is 0.0236. The Morgan fingerprint density at radius 1 is 1.23 bits per heavy atom. The zero-order valence-corrected chi connectivity index (χ0v) is 19.7. The molecule has 3 unspecified atom stereocenters. The first-order valence-corrected chi connectivity index (χ1v) is 13.3. The number of rotatable bonds is 5. The maximum absolute atomic E-state index is 13.9. The predicted molar refractivity (Wildman–Crippen MR) is 121 cm³/mol. The number of hydrogen-bond donors (Lipinski definition) is 1. The van der Waals surface area contributed by atoms with Crippen LogP contribution in [0.1, 0.15) is 65.2 Å². The van der Waals surface area contributed by atoms with Crippen LogP contribution < -0.4 is 0 Å². The van der Waals surface area contributed by atoms with Crippen LogP contribution >= 0.6 is 0 Å². The van der Waals surface area contributed by atoms with E-state index in [4.69, 9.17) is 0 Å². The first-order chi connectivity index (χ1) is 14.3. The molecule has 5 atom stereocenters. The van der Waals surface area contributed by atoms with Gasteiger partial charge < -0.3 is 5.11 Å². The van der Waals surface area contributed by atoms with Crippen molar-refractivity contribution < 1.29 is 22.3 Å². The average molecular weight is 455 g/mol. The third-order valence-electron chi connectivity index (χ3n) is 7.95. The number of fused-ring (bicyclic) bond motifs is 1. The van der Waals surface area contributed by atoms with E-state index in [-0.39, 0.29) is 23.4 Å². The molecule has 3 aliphatic rings. The molecular formula is C25H36F2O3S. The van der Waals surface area contributed by atoms with Crippen LogP contribution in [0.3, 0.4) is 0 Å². The molecule has 0 radical (unpaired) electrons. The van der Waals surface area contributed by atoms with E-state index in [1.54, 1.807) is 0 Å². The van der Waals surface area contributed by atoms with Crippen LogP contribution in [0, 0.1) is 23.2 Å². The summed E-state index contributed by atoms with van der Waals surface area (Å²) in [4.78, 5) is 0. The van der Waals surface area contributed by atoms with Crippen molar-refractivity contribution in [3.63, 3.8) is 0 Å². The lowest BCUT2D eigenvalue weighted by molar-refractivity contribution is 0.110. The summed E-state index contributed by atoms with van der Waals surface area (Å²) in [6, 6.07) is 0. The molecule has 3 fully saturated rings. The molecule has 0 aromatic heterocycles. The maximum atomic E-state index is 13.9. The van der Waals surface area contributed by atoms with Gasteiger partial charge in [0.2, 0.25) is 9.84 Å². The van der Waals surface area contributed by atoms with Gasteiger partial charge in [-0.1, -0.05) is 49.8 Å². The molecule has 31 heavy (non-hydrogen) atoms. The second-order valence-electron chi connectivity index (χ2n) is 10.1. The number of allylic oxidation sites excluding steroid dienone is 5. The van der Waals surface area contributed by atoms with Gasteiger partial charge in [0.25, 0.3) is 0 Å². The molecule has 0 heterocycles. The molecule has 3 aliphatic carbocycles. The molecule has 0 amide bonds. The highest BCUT2D eigenvalue weighted by Gasteiger charge is 2.50. The first-order valence-electron chi connectivity index (χ1n) is 11.4. The number of sulfone groups is 1. The van der Waals surface area contributed by atoms with Crippen molar-refractivity contribution in [2.45, 2.75) is 76.6 Å². The maximum Gasteiger partial charge on any atom is 0.363 e. The lowest BCUT2D eigenvalue weighted by Crippen LogP contribution is -2.35. The summed E-state index contributed by atoms with van der Waals surface area (Å²) >= 11 is 0. The summed E-state index contributed by atoms with van der Waals surface area (Å²) in [5.41, 5.74) is 3.67. The van der Waals surface area contributed by atoms with Crippen LogP contribution in [-0.4, -0.2) is 31.1 Å². The second-order valence-corrected chi connectivity index (χ2v) is 12.2. The minimum atomic E-state index is -4.46. The van der Waals surface area contributed by atoms with Crippen molar-refractivity contribution in [2.75, 3.05) is 6.26 Å². The van der Waals surface area contributed by atoms with E-state index in [1.165, 1.54) is 11.6 Å². The Balaban J connectivity index is 1.78. The van der Waals surface area contributed by atoms with Gasteiger partial charge in [0.05, 0.1) is 6.10 Å². The zero-order valence-electron chi connectivity index (χ0n) is 18.9. The highest BCUT2D eigenvalue weighted by Crippen LogP contribution is 2.59. The molecule has 0 aromatic carbocycles. The molecule has 0 aromatic rings. The van der Waals surface area contributed by atoms with Crippen LogP contribution in [0.25, 0.3) is 0 Å². The number of halogens is 2. The van der Waals surface area contributed by atoms with Crippen LogP contribution in [0.4, 0.5) is 8.78 Å². The van der Waals surface area contributed by atoms with Crippen LogP contribution in [0.2, 0.25) is 0 Å². The Kier molecular flexibility index (Phi) is 7.02. The van der Waals surface area contributed by atoms with Gasteiger partial charge in [0.15, 0.2) is 0 Å². The SMILES string of the molecule is C=C1CCC(O)C/C1=C/C=C1\CCC[C@]2(C)C(C(C)/C=C/C(F)(F)S(C)(=O)=O)CC[C@@H]12. The molecule has 3 nitrogen and oxygen atoms in total. The van der Waals surface area contributed by atoms with Gasteiger partial charge in [-0.25, -0.2) is 8.42 Å². The Bertz CT molecular complexity index is 900. The largest absolute Gasteiger partial charge is 0.393 e. The molecule has 0 saturated heterocycles. The number of hydrogen-bond acceptors (Lipinski definition) is 3. The summed E-state index contributed by atoms with van der Waals surface area (Å²) in [5, 5.41) is 6.16. The van der Waals surface area contributed by atoms with Gasteiger partial charge >= 0.3 is 5.25 Å². The van der Waals surface area contributed by atoms with Gasteiger partial charge in [-0.3, -0.25) is 0 Å².